The smallest absolute Gasteiger partial charge is 0.254 e. The van der Waals surface area contributed by atoms with Crippen LogP contribution in [0.1, 0.15) is 40.0 Å². The van der Waals surface area contributed by atoms with Crippen LogP contribution >= 0.6 is 11.6 Å². The lowest BCUT2D eigenvalue weighted by Crippen LogP contribution is -2.41. The summed E-state index contributed by atoms with van der Waals surface area (Å²) < 4.78 is 28.7. The Kier molecular flexibility index (Phi) is 7.25. The molecule has 0 radical (unpaired) electrons. The third-order valence-electron chi connectivity index (χ3n) is 6.15. The molecule has 4 rings (SSSR count). The second-order valence-corrected chi connectivity index (χ2v) is 10.7. The van der Waals surface area contributed by atoms with Gasteiger partial charge in [0.1, 0.15) is 6.04 Å². The van der Waals surface area contributed by atoms with Crippen LogP contribution in [0.25, 0.3) is 0 Å². The van der Waals surface area contributed by atoms with E-state index in [1.165, 1.54) is 24.3 Å². The predicted octanol–water partition coefficient (Wildman–Crippen LogP) is 3.78. The van der Waals surface area contributed by atoms with E-state index in [0.717, 1.165) is 9.87 Å². The largest absolute Gasteiger partial charge is 0.368 e. The summed E-state index contributed by atoms with van der Waals surface area (Å²) in [6.07, 6.45) is 0.671. The maximum atomic E-state index is 13.8. The van der Waals surface area contributed by atoms with E-state index in [1.54, 1.807) is 47.4 Å². The molecule has 9 heteroatoms. The lowest BCUT2D eigenvalue weighted by molar-refractivity contribution is -0.122. The van der Waals surface area contributed by atoms with Crippen LogP contribution in [0.3, 0.4) is 0 Å². The van der Waals surface area contributed by atoms with Crippen molar-refractivity contribution in [1.29, 1.82) is 0 Å². The van der Waals surface area contributed by atoms with Gasteiger partial charge in [-0.15, -0.1) is 0 Å². The van der Waals surface area contributed by atoms with E-state index in [9.17, 15) is 18.0 Å². The SMILES string of the molecule is CCN1CCc2cc(CN(C(C(N)=O)c3ccccc3)S(=O)(=O)c3ccc(Cl)cc3)ccc2C1=O. The van der Waals surface area contributed by atoms with E-state index in [1.807, 2.05) is 13.0 Å². The predicted molar refractivity (Wildman–Crippen MR) is 134 cm³/mol. The van der Waals surface area contributed by atoms with Crippen LogP contribution in [0.4, 0.5) is 0 Å². The molecule has 1 heterocycles. The van der Waals surface area contributed by atoms with Crippen molar-refractivity contribution in [3.8, 4) is 0 Å². The highest BCUT2D eigenvalue weighted by atomic mass is 35.5. The molecular weight excluding hydrogens is 486 g/mol. The number of amides is 2. The maximum Gasteiger partial charge on any atom is 0.254 e. The Morgan fingerprint density at radius 3 is 2.40 bits per heavy atom. The number of rotatable bonds is 8. The number of primary amides is 1. The molecule has 182 valence electrons. The van der Waals surface area contributed by atoms with Crippen LogP contribution in [-0.4, -0.2) is 42.5 Å². The van der Waals surface area contributed by atoms with Gasteiger partial charge in [0.2, 0.25) is 15.9 Å². The van der Waals surface area contributed by atoms with Crippen molar-refractivity contribution in [3.05, 3.63) is 100 Å². The summed E-state index contributed by atoms with van der Waals surface area (Å²) in [4.78, 5) is 27.1. The maximum absolute atomic E-state index is 13.8. The van der Waals surface area contributed by atoms with E-state index in [0.29, 0.717) is 41.2 Å². The molecule has 0 aliphatic carbocycles. The highest BCUT2D eigenvalue weighted by molar-refractivity contribution is 7.89. The monoisotopic (exact) mass is 511 g/mol. The van der Waals surface area contributed by atoms with E-state index in [4.69, 9.17) is 17.3 Å². The minimum atomic E-state index is -4.15. The zero-order valence-corrected chi connectivity index (χ0v) is 20.8. The second-order valence-electron chi connectivity index (χ2n) is 8.35. The highest BCUT2D eigenvalue weighted by Gasteiger charge is 2.36. The van der Waals surface area contributed by atoms with Crippen molar-refractivity contribution in [3.63, 3.8) is 0 Å². The number of nitrogens with two attached hydrogens (primary N) is 1. The Balaban J connectivity index is 1.79. The number of sulfonamides is 1. The highest BCUT2D eigenvalue weighted by Crippen LogP contribution is 2.31. The molecule has 0 spiro atoms. The zero-order chi connectivity index (χ0) is 25.2. The number of benzene rings is 3. The number of carbonyl (C=O) groups excluding carboxylic acids is 2. The molecule has 0 saturated heterocycles. The standard InChI is InChI=1S/C26H26ClN3O4S/c1-2-29-15-14-20-16-18(8-13-23(20)26(29)32)17-30(24(25(28)31)19-6-4-3-5-7-19)35(33,34)22-11-9-21(27)10-12-22/h3-13,16,24H,2,14-15,17H2,1H3,(H2,28,31). The van der Waals surface area contributed by atoms with E-state index in [2.05, 4.69) is 0 Å². The zero-order valence-electron chi connectivity index (χ0n) is 19.2. The minimum absolute atomic E-state index is 0.00388. The molecule has 1 unspecified atom stereocenters. The van der Waals surface area contributed by atoms with Gasteiger partial charge in [0, 0.05) is 30.2 Å². The molecule has 3 aromatic carbocycles. The molecule has 0 fully saturated rings. The van der Waals surface area contributed by atoms with Crippen molar-refractivity contribution < 1.29 is 18.0 Å². The summed E-state index contributed by atoms with van der Waals surface area (Å²) in [5, 5.41) is 0.394. The molecule has 1 atom stereocenters. The van der Waals surface area contributed by atoms with Crippen LogP contribution in [0.2, 0.25) is 5.02 Å². The molecule has 1 aliphatic heterocycles. The quantitative estimate of drug-likeness (QED) is 0.497. The number of halogens is 1. The van der Waals surface area contributed by atoms with Crippen molar-refractivity contribution in [2.45, 2.75) is 30.8 Å². The number of hydrogen-bond donors (Lipinski definition) is 1. The first-order chi connectivity index (χ1) is 16.7. The number of hydrogen-bond acceptors (Lipinski definition) is 4. The van der Waals surface area contributed by atoms with Gasteiger partial charge < -0.3 is 10.6 Å². The van der Waals surface area contributed by atoms with E-state index >= 15 is 0 Å². The molecule has 1 aliphatic rings. The average Bonchev–Trinajstić information content (AvgIpc) is 2.84. The summed E-state index contributed by atoms with van der Waals surface area (Å²) in [5.74, 6) is -0.828. The number of carbonyl (C=O) groups is 2. The first-order valence-corrected chi connectivity index (χ1v) is 13.1. The lowest BCUT2D eigenvalue weighted by atomic mass is 9.96. The van der Waals surface area contributed by atoms with Crippen molar-refractivity contribution in [2.75, 3.05) is 13.1 Å². The molecule has 2 amide bonds. The molecular formula is C26H26ClN3O4S. The Morgan fingerprint density at radius 2 is 1.77 bits per heavy atom. The fourth-order valence-corrected chi connectivity index (χ4v) is 6.03. The van der Waals surface area contributed by atoms with Gasteiger partial charge in [-0.25, -0.2) is 8.42 Å². The molecule has 2 N–H and O–H groups in total. The van der Waals surface area contributed by atoms with Crippen molar-refractivity contribution in [1.82, 2.24) is 9.21 Å². The molecule has 0 bridgehead atoms. The number of nitrogens with zero attached hydrogens (tertiary/aromatic N) is 2. The molecule has 3 aromatic rings. The minimum Gasteiger partial charge on any atom is -0.368 e. The van der Waals surface area contributed by atoms with Crippen molar-refractivity contribution >= 4 is 33.4 Å². The molecule has 0 saturated carbocycles. The van der Waals surface area contributed by atoms with Crippen molar-refractivity contribution in [2.24, 2.45) is 5.73 Å². The summed E-state index contributed by atoms with van der Waals surface area (Å²) in [5.41, 5.74) is 8.35. The number of fused-ring (bicyclic) bond motifs is 1. The number of likely N-dealkylation sites (N-methyl/N-ethyl adjacent to an activating group) is 1. The summed E-state index contributed by atoms with van der Waals surface area (Å²) in [6.45, 7) is 3.06. The Labute approximate surface area is 210 Å². The van der Waals surface area contributed by atoms with Gasteiger partial charge >= 0.3 is 0 Å². The summed E-state index contributed by atoms with van der Waals surface area (Å²) >= 11 is 5.97. The molecule has 7 nitrogen and oxygen atoms in total. The van der Waals surface area contributed by atoms with Gasteiger partial charge in [0.05, 0.1) is 4.90 Å². The summed E-state index contributed by atoms with van der Waals surface area (Å²) in [7, 11) is -4.15. The average molecular weight is 512 g/mol. The van der Waals surface area contributed by atoms with Gasteiger partial charge in [-0.05, 0) is 60.4 Å². The second kappa shape index (κ2) is 10.2. The van der Waals surface area contributed by atoms with Crippen LogP contribution in [0.15, 0.2) is 77.7 Å². The fraction of sp³-hybridized carbons (Fsp3) is 0.231. The van der Waals surface area contributed by atoms with Gasteiger partial charge in [-0.1, -0.05) is 54.1 Å². The topological polar surface area (TPSA) is 101 Å². The normalized spacial score (nSPS) is 14.6. The van der Waals surface area contributed by atoms with Crippen LogP contribution in [-0.2, 0) is 27.8 Å². The van der Waals surface area contributed by atoms with Crippen LogP contribution in [0, 0.1) is 0 Å². The Bertz CT molecular complexity index is 1340. The van der Waals surface area contributed by atoms with Gasteiger partial charge in [0.15, 0.2) is 0 Å². The third-order valence-corrected chi connectivity index (χ3v) is 8.23. The molecule has 35 heavy (non-hydrogen) atoms. The molecule has 0 aromatic heterocycles. The van der Waals surface area contributed by atoms with E-state index < -0.39 is 22.0 Å². The first kappa shape index (κ1) is 24.9. The van der Waals surface area contributed by atoms with Gasteiger partial charge in [-0.3, -0.25) is 9.59 Å². The van der Waals surface area contributed by atoms with Gasteiger partial charge in [0.25, 0.3) is 5.91 Å². The van der Waals surface area contributed by atoms with Crippen LogP contribution in [0.5, 0.6) is 0 Å². The fourth-order valence-electron chi connectivity index (χ4n) is 4.33. The van der Waals surface area contributed by atoms with E-state index in [-0.39, 0.29) is 17.3 Å². The summed E-state index contributed by atoms with van der Waals surface area (Å²) in [6, 6.07) is 18.4. The van der Waals surface area contributed by atoms with Crippen LogP contribution < -0.4 is 5.73 Å². The lowest BCUT2D eigenvalue weighted by Gasteiger charge is -2.31. The third kappa shape index (κ3) is 5.10. The van der Waals surface area contributed by atoms with Gasteiger partial charge in [-0.2, -0.15) is 4.31 Å². The Hall–Kier alpha value is -3.20. The first-order valence-electron chi connectivity index (χ1n) is 11.2. The Morgan fingerprint density at radius 1 is 1.09 bits per heavy atom.